The Morgan fingerprint density at radius 3 is 2.50 bits per heavy atom. The van der Waals surface area contributed by atoms with Gasteiger partial charge >= 0.3 is 0 Å². The summed E-state index contributed by atoms with van der Waals surface area (Å²) in [4.78, 5) is 31.8. The molecule has 6 heteroatoms. The zero-order valence-electron chi connectivity index (χ0n) is 15.1. The topological polar surface area (TPSA) is 60.1 Å². The molecule has 3 heterocycles. The molecule has 3 aromatic rings. The van der Waals surface area contributed by atoms with Crippen molar-refractivity contribution in [2.45, 2.75) is 33.2 Å². The van der Waals surface area contributed by atoms with E-state index in [0.717, 1.165) is 42.9 Å². The highest BCUT2D eigenvalue weighted by Crippen LogP contribution is 2.24. The van der Waals surface area contributed by atoms with Crippen LogP contribution in [0.4, 0.5) is 0 Å². The van der Waals surface area contributed by atoms with E-state index in [1.54, 1.807) is 0 Å². The molecule has 0 spiro atoms. The van der Waals surface area contributed by atoms with Crippen molar-refractivity contribution in [3.05, 3.63) is 58.3 Å². The first kappa shape index (κ1) is 16.6. The monoisotopic (exact) mass is 350 g/mol. The van der Waals surface area contributed by atoms with Gasteiger partial charge in [-0.3, -0.25) is 18.7 Å². The summed E-state index contributed by atoms with van der Waals surface area (Å²) in [7, 11) is 0. The molecule has 0 radical (unpaired) electrons. The summed E-state index contributed by atoms with van der Waals surface area (Å²) in [6.07, 6.45) is 3.57. The number of rotatable bonds is 3. The summed E-state index contributed by atoms with van der Waals surface area (Å²) in [5, 5.41) is 0.586. The number of likely N-dealkylation sites (tertiary alicyclic amines) is 1. The molecular formula is C20H22N4O2. The summed E-state index contributed by atoms with van der Waals surface area (Å²) in [6.45, 7) is 5.55. The molecule has 0 aliphatic carbocycles. The third-order valence-electron chi connectivity index (χ3n) is 5.26. The second-order valence-corrected chi connectivity index (χ2v) is 6.85. The quantitative estimate of drug-likeness (QED) is 0.729. The number of aromatic nitrogens is 3. The number of nitrogens with zero attached hydrogens (tertiary/aromatic N) is 4. The van der Waals surface area contributed by atoms with Gasteiger partial charge in [0.05, 0.1) is 5.39 Å². The number of aryl methyl sites for hydroxylation is 1. The molecule has 0 unspecified atom stereocenters. The van der Waals surface area contributed by atoms with E-state index in [9.17, 15) is 9.59 Å². The van der Waals surface area contributed by atoms with E-state index >= 15 is 0 Å². The summed E-state index contributed by atoms with van der Waals surface area (Å²) in [6, 6.07) is 9.88. The molecule has 0 N–H and O–H groups in total. The van der Waals surface area contributed by atoms with Gasteiger partial charge in [0.15, 0.2) is 5.65 Å². The fraction of sp³-hybridized carbons (Fsp3) is 0.350. The first-order chi connectivity index (χ1) is 12.6. The predicted molar refractivity (Wildman–Crippen MR) is 101 cm³/mol. The molecule has 1 saturated heterocycles. The molecule has 1 fully saturated rings. The van der Waals surface area contributed by atoms with Crippen molar-refractivity contribution in [2.24, 2.45) is 0 Å². The SMILES string of the molecule is Cc1c(C)n(-c2ccccc2)c2ncn(CC(=O)N3CCCC3)c(=O)c12. The smallest absolute Gasteiger partial charge is 0.263 e. The van der Waals surface area contributed by atoms with Gasteiger partial charge in [0.1, 0.15) is 12.9 Å². The van der Waals surface area contributed by atoms with Gasteiger partial charge in [0.2, 0.25) is 5.91 Å². The fourth-order valence-electron chi connectivity index (χ4n) is 3.70. The summed E-state index contributed by atoms with van der Waals surface area (Å²) in [5.74, 6) is -0.0115. The Balaban J connectivity index is 1.80. The number of fused-ring (bicyclic) bond motifs is 1. The Morgan fingerprint density at radius 2 is 1.81 bits per heavy atom. The van der Waals surface area contributed by atoms with Crippen molar-refractivity contribution in [1.82, 2.24) is 19.0 Å². The van der Waals surface area contributed by atoms with Crippen LogP contribution < -0.4 is 5.56 Å². The van der Waals surface area contributed by atoms with Gasteiger partial charge in [0.25, 0.3) is 5.56 Å². The van der Waals surface area contributed by atoms with Crippen molar-refractivity contribution in [2.75, 3.05) is 13.1 Å². The van der Waals surface area contributed by atoms with Gasteiger partial charge in [0, 0.05) is 24.5 Å². The Labute approximate surface area is 151 Å². The molecule has 134 valence electrons. The van der Waals surface area contributed by atoms with Crippen molar-refractivity contribution in [1.29, 1.82) is 0 Å². The van der Waals surface area contributed by atoms with Crippen LogP contribution in [0.15, 0.2) is 41.5 Å². The fourth-order valence-corrected chi connectivity index (χ4v) is 3.70. The Kier molecular flexibility index (Phi) is 4.11. The van der Waals surface area contributed by atoms with E-state index in [1.807, 2.05) is 53.6 Å². The van der Waals surface area contributed by atoms with E-state index in [-0.39, 0.29) is 18.0 Å². The first-order valence-corrected chi connectivity index (χ1v) is 8.98. The zero-order valence-corrected chi connectivity index (χ0v) is 15.1. The minimum Gasteiger partial charge on any atom is -0.341 e. The molecule has 0 atom stereocenters. The van der Waals surface area contributed by atoms with E-state index < -0.39 is 0 Å². The minimum absolute atomic E-state index is 0.0115. The maximum absolute atomic E-state index is 13.0. The molecule has 2 aromatic heterocycles. The maximum atomic E-state index is 13.0. The Bertz CT molecular complexity index is 1030. The molecular weight excluding hydrogens is 328 g/mol. The third kappa shape index (κ3) is 2.62. The summed E-state index contributed by atoms with van der Waals surface area (Å²) >= 11 is 0. The third-order valence-corrected chi connectivity index (χ3v) is 5.26. The number of para-hydroxylation sites is 1. The van der Waals surface area contributed by atoms with Gasteiger partial charge in [-0.1, -0.05) is 18.2 Å². The number of carbonyl (C=O) groups excluding carboxylic acids is 1. The molecule has 26 heavy (non-hydrogen) atoms. The molecule has 0 bridgehead atoms. The van der Waals surface area contributed by atoms with Gasteiger partial charge in [-0.2, -0.15) is 0 Å². The lowest BCUT2D eigenvalue weighted by molar-refractivity contribution is -0.130. The van der Waals surface area contributed by atoms with Crippen LogP contribution >= 0.6 is 0 Å². The second-order valence-electron chi connectivity index (χ2n) is 6.85. The standard InChI is InChI=1S/C20H22N4O2/c1-14-15(2)24(16-8-4-3-5-9-16)19-18(14)20(26)23(13-21-19)12-17(25)22-10-6-7-11-22/h3-5,8-9,13H,6-7,10-12H2,1-2H3. The van der Waals surface area contributed by atoms with Gasteiger partial charge in [-0.15, -0.1) is 0 Å². The highest BCUT2D eigenvalue weighted by molar-refractivity contribution is 5.83. The lowest BCUT2D eigenvalue weighted by atomic mass is 10.2. The van der Waals surface area contributed by atoms with Crippen molar-refractivity contribution >= 4 is 16.9 Å². The van der Waals surface area contributed by atoms with Crippen LogP contribution in [0.1, 0.15) is 24.1 Å². The number of amides is 1. The highest BCUT2D eigenvalue weighted by Gasteiger charge is 2.21. The molecule has 6 nitrogen and oxygen atoms in total. The molecule has 1 amide bonds. The number of hydrogen-bond donors (Lipinski definition) is 0. The normalized spacial score (nSPS) is 14.3. The van der Waals surface area contributed by atoms with Crippen LogP contribution in [-0.2, 0) is 11.3 Å². The van der Waals surface area contributed by atoms with Crippen LogP contribution in [-0.4, -0.2) is 38.0 Å². The number of hydrogen-bond acceptors (Lipinski definition) is 3. The largest absolute Gasteiger partial charge is 0.341 e. The average molecular weight is 350 g/mol. The van der Waals surface area contributed by atoms with E-state index in [2.05, 4.69) is 4.98 Å². The van der Waals surface area contributed by atoms with Crippen LogP contribution in [0.5, 0.6) is 0 Å². The van der Waals surface area contributed by atoms with Crippen LogP contribution in [0.3, 0.4) is 0 Å². The lowest BCUT2D eigenvalue weighted by Gasteiger charge is -2.15. The molecule has 1 aliphatic heterocycles. The van der Waals surface area contributed by atoms with E-state index in [1.165, 1.54) is 10.9 Å². The van der Waals surface area contributed by atoms with Crippen LogP contribution in [0, 0.1) is 13.8 Å². The lowest BCUT2D eigenvalue weighted by Crippen LogP contribution is -2.34. The molecule has 4 rings (SSSR count). The second kappa shape index (κ2) is 6.44. The van der Waals surface area contributed by atoms with E-state index in [0.29, 0.717) is 11.0 Å². The minimum atomic E-state index is -0.155. The summed E-state index contributed by atoms with van der Waals surface area (Å²) in [5.41, 5.74) is 3.35. The first-order valence-electron chi connectivity index (χ1n) is 8.98. The van der Waals surface area contributed by atoms with Crippen molar-refractivity contribution < 1.29 is 4.79 Å². The predicted octanol–water partition coefficient (Wildman–Crippen LogP) is 2.43. The Hall–Kier alpha value is -2.89. The highest BCUT2D eigenvalue weighted by atomic mass is 16.2. The van der Waals surface area contributed by atoms with E-state index in [4.69, 9.17) is 0 Å². The van der Waals surface area contributed by atoms with Crippen LogP contribution in [0.25, 0.3) is 16.7 Å². The van der Waals surface area contributed by atoms with Crippen molar-refractivity contribution in [3.8, 4) is 5.69 Å². The zero-order chi connectivity index (χ0) is 18.3. The molecule has 1 aliphatic rings. The van der Waals surface area contributed by atoms with Crippen LogP contribution in [0.2, 0.25) is 0 Å². The average Bonchev–Trinajstić information content (AvgIpc) is 3.26. The van der Waals surface area contributed by atoms with Gasteiger partial charge in [-0.25, -0.2) is 4.98 Å². The van der Waals surface area contributed by atoms with Gasteiger partial charge in [-0.05, 0) is 44.4 Å². The number of carbonyl (C=O) groups is 1. The Morgan fingerprint density at radius 1 is 1.12 bits per heavy atom. The van der Waals surface area contributed by atoms with Crippen molar-refractivity contribution in [3.63, 3.8) is 0 Å². The molecule has 1 aromatic carbocycles. The van der Waals surface area contributed by atoms with Gasteiger partial charge < -0.3 is 4.90 Å². The molecule has 0 saturated carbocycles. The maximum Gasteiger partial charge on any atom is 0.263 e. The number of benzene rings is 1. The summed E-state index contributed by atoms with van der Waals surface area (Å²) < 4.78 is 3.43.